The summed E-state index contributed by atoms with van der Waals surface area (Å²) in [5.41, 5.74) is 2.02. The van der Waals surface area contributed by atoms with Crippen LogP contribution in [0.15, 0.2) is 27.9 Å². The minimum atomic E-state index is -0.275. The Morgan fingerprint density at radius 3 is 2.47 bits per heavy atom. The second-order valence-electron chi connectivity index (χ2n) is 3.24. The van der Waals surface area contributed by atoms with Gasteiger partial charge in [0.1, 0.15) is 0 Å². The normalized spacial score (nSPS) is 11.2. The van der Waals surface area contributed by atoms with Gasteiger partial charge in [0.05, 0.1) is 28.3 Å². The number of imidazole rings is 1. The summed E-state index contributed by atoms with van der Waals surface area (Å²) in [5, 5.41) is 0. The minimum Gasteiger partial charge on any atom is -0.319 e. The van der Waals surface area contributed by atoms with Gasteiger partial charge in [-0.2, -0.15) is 0 Å². The highest BCUT2D eigenvalue weighted by molar-refractivity contribution is 5.90. The third-order valence-corrected chi connectivity index (χ3v) is 2.21. The maximum atomic E-state index is 11.0. The predicted octanol–water partition coefficient (Wildman–Crippen LogP) is 0.0927. The topological polar surface area (TPSA) is 94.4 Å². The van der Waals surface area contributed by atoms with E-state index >= 15 is 0 Å². The van der Waals surface area contributed by atoms with Crippen LogP contribution in [0.3, 0.4) is 0 Å². The number of nitrogens with zero attached hydrogens (tertiary/aromatic N) is 1. The van der Waals surface area contributed by atoms with Gasteiger partial charge in [0, 0.05) is 0 Å². The fourth-order valence-electron chi connectivity index (χ4n) is 1.57. The Hall–Kier alpha value is -2.37. The molecule has 0 radical (unpaired) electrons. The van der Waals surface area contributed by atoms with Crippen LogP contribution in [-0.2, 0) is 0 Å². The first-order valence-corrected chi connectivity index (χ1v) is 4.33. The van der Waals surface area contributed by atoms with E-state index in [1.807, 2.05) is 0 Å². The maximum Gasteiger partial charge on any atom is 0.323 e. The van der Waals surface area contributed by atoms with Crippen LogP contribution in [0, 0.1) is 0 Å². The summed E-state index contributed by atoms with van der Waals surface area (Å²) in [6.07, 6.45) is 1.21. The second-order valence-corrected chi connectivity index (χ2v) is 3.24. The number of aromatic nitrogens is 4. The van der Waals surface area contributed by atoms with Crippen molar-refractivity contribution in [3.05, 3.63) is 39.2 Å². The van der Waals surface area contributed by atoms with Crippen molar-refractivity contribution in [1.29, 1.82) is 0 Å². The molecule has 0 aliphatic heterocycles. The van der Waals surface area contributed by atoms with Crippen LogP contribution >= 0.6 is 0 Å². The number of H-pyrrole nitrogens is 3. The zero-order chi connectivity index (χ0) is 10.4. The molecule has 6 nitrogen and oxygen atoms in total. The molecule has 3 N–H and O–H groups in total. The zero-order valence-electron chi connectivity index (χ0n) is 7.50. The van der Waals surface area contributed by atoms with Crippen LogP contribution in [0.1, 0.15) is 0 Å². The van der Waals surface area contributed by atoms with Crippen molar-refractivity contribution < 1.29 is 0 Å². The molecule has 0 aliphatic carbocycles. The molecule has 0 amide bonds. The summed E-state index contributed by atoms with van der Waals surface area (Å²) in [5.74, 6) is 0. The molecule has 6 heteroatoms. The van der Waals surface area contributed by atoms with E-state index in [0.717, 1.165) is 0 Å². The summed E-state index contributed by atoms with van der Waals surface area (Å²) in [6, 6.07) is 3.38. The van der Waals surface area contributed by atoms with Crippen LogP contribution < -0.4 is 11.2 Å². The smallest absolute Gasteiger partial charge is 0.319 e. The second kappa shape index (κ2) is 2.57. The summed E-state index contributed by atoms with van der Waals surface area (Å²) >= 11 is 0. The van der Waals surface area contributed by atoms with Gasteiger partial charge in [-0.25, -0.2) is 9.78 Å². The van der Waals surface area contributed by atoms with E-state index in [1.165, 1.54) is 6.20 Å². The Balaban J connectivity index is 2.57. The lowest BCUT2D eigenvalue weighted by atomic mass is 10.2. The van der Waals surface area contributed by atoms with E-state index in [-0.39, 0.29) is 11.2 Å². The molecule has 15 heavy (non-hydrogen) atoms. The highest BCUT2D eigenvalue weighted by Crippen LogP contribution is 2.13. The Morgan fingerprint density at radius 1 is 0.933 bits per heavy atom. The average molecular weight is 202 g/mol. The molecule has 3 rings (SSSR count). The van der Waals surface area contributed by atoms with Crippen LogP contribution in [0.4, 0.5) is 0 Å². The van der Waals surface area contributed by atoms with E-state index in [4.69, 9.17) is 0 Å². The number of hydrogen-bond acceptors (Lipinski definition) is 3. The molecule has 2 heterocycles. The third kappa shape index (κ3) is 1.15. The van der Waals surface area contributed by atoms with Gasteiger partial charge in [-0.1, -0.05) is 0 Å². The molecule has 0 fully saturated rings. The minimum absolute atomic E-state index is 0.264. The fraction of sp³-hybridized carbons (Fsp3) is 0. The largest absolute Gasteiger partial charge is 0.323 e. The van der Waals surface area contributed by atoms with E-state index in [9.17, 15) is 9.59 Å². The van der Waals surface area contributed by atoms with Crippen molar-refractivity contribution >= 4 is 22.1 Å². The van der Waals surface area contributed by atoms with E-state index in [1.54, 1.807) is 12.1 Å². The Morgan fingerprint density at radius 2 is 1.67 bits per heavy atom. The summed E-state index contributed by atoms with van der Waals surface area (Å²) in [7, 11) is 0. The lowest BCUT2D eigenvalue weighted by Crippen LogP contribution is -2.04. The first kappa shape index (κ1) is 7.98. The average Bonchev–Trinajstić information content (AvgIpc) is 2.53. The molecular formula is C9H6N4O2. The number of hydrogen-bond donors (Lipinski definition) is 3. The third-order valence-electron chi connectivity index (χ3n) is 2.21. The number of nitrogens with one attached hydrogen (secondary N) is 3. The molecule has 0 spiro atoms. The lowest BCUT2D eigenvalue weighted by Gasteiger charge is -1.95. The Kier molecular flexibility index (Phi) is 1.37. The van der Waals surface area contributed by atoms with Gasteiger partial charge in [0.2, 0.25) is 0 Å². The highest BCUT2D eigenvalue weighted by Gasteiger charge is 2.02. The molecule has 0 atom stereocenters. The molecular weight excluding hydrogens is 196 g/mol. The van der Waals surface area contributed by atoms with Crippen LogP contribution in [0.2, 0.25) is 0 Å². The summed E-state index contributed by atoms with van der Waals surface area (Å²) in [4.78, 5) is 33.9. The van der Waals surface area contributed by atoms with Crippen LogP contribution in [0.25, 0.3) is 22.1 Å². The Bertz CT molecular complexity index is 763. The Labute approximate surface area is 82.0 Å². The van der Waals surface area contributed by atoms with Gasteiger partial charge >= 0.3 is 5.69 Å². The van der Waals surface area contributed by atoms with Gasteiger partial charge in [-0.15, -0.1) is 0 Å². The highest BCUT2D eigenvalue weighted by atomic mass is 16.1. The molecule has 1 aromatic carbocycles. The summed E-state index contributed by atoms with van der Waals surface area (Å²) in [6.45, 7) is 0. The van der Waals surface area contributed by atoms with Crippen molar-refractivity contribution in [3.8, 4) is 0 Å². The maximum absolute atomic E-state index is 11.0. The number of aromatic amines is 3. The van der Waals surface area contributed by atoms with Crippen LogP contribution in [0.5, 0.6) is 0 Å². The molecule has 0 unspecified atom stereocenters. The van der Waals surface area contributed by atoms with E-state index in [2.05, 4.69) is 19.9 Å². The van der Waals surface area contributed by atoms with Crippen molar-refractivity contribution in [2.75, 3.05) is 0 Å². The lowest BCUT2D eigenvalue weighted by molar-refractivity contribution is 1.21. The van der Waals surface area contributed by atoms with Crippen molar-refractivity contribution in [2.45, 2.75) is 0 Å². The molecule has 0 saturated carbocycles. The van der Waals surface area contributed by atoms with Crippen molar-refractivity contribution in [1.82, 2.24) is 19.9 Å². The fourth-order valence-corrected chi connectivity index (χ4v) is 1.57. The molecule has 0 aliphatic rings. The van der Waals surface area contributed by atoms with Crippen molar-refractivity contribution in [3.63, 3.8) is 0 Å². The SMILES string of the molecule is O=c1cnc2cc3[nH]c(=O)[nH]c3cc2[nH]1. The molecule has 3 aromatic rings. The molecule has 2 aromatic heterocycles. The standard InChI is InChI=1S/C9H6N4O2/c14-8-3-10-4-1-6-7(2-5(4)11-8)13-9(15)12-6/h1-3H,(H,11,14)(H2,12,13,15). The number of benzene rings is 1. The van der Waals surface area contributed by atoms with E-state index < -0.39 is 0 Å². The van der Waals surface area contributed by atoms with Crippen LogP contribution in [-0.4, -0.2) is 19.9 Å². The quantitative estimate of drug-likeness (QED) is 0.482. The first-order chi connectivity index (χ1) is 7.22. The number of fused-ring (bicyclic) bond motifs is 2. The van der Waals surface area contributed by atoms with E-state index in [0.29, 0.717) is 22.1 Å². The van der Waals surface area contributed by atoms with Gasteiger partial charge < -0.3 is 15.0 Å². The monoisotopic (exact) mass is 202 g/mol. The van der Waals surface area contributed by atoms with Gasteiger partial charge in [-0.3, -0.25) is 4.79 Å². The van der Waals surface area contributed by atoms with Gasteiger partial charge in [0.25, 0.3) is 5.56 Å². The predicted molar refractivity (Wildman–Crippen MR) is 54.8 cm³/mol. The van der Waals surface area contributed by atoms with Gasteiger partial charge in [0.15, 0.2) is 0 Å². The molecule has 74 valence electrons. The van der Waals surface area contributed by atoms with Crippen molar-refractivity contribution in [2.24, 2.45) is 0 Å². The first-order valence-electron chi connectivity index (χ1n) is 4.33. The molecule has 0 bridgehead atoms. The number of rotatable bonds is 0. The summed E-state index contributed by atoms with van der Waals surface area (Å²) < 4.78 is 0. The van der Waals surface area contributed by atoms with Gasteiger partial charge in [-0.05, 0) is 12.1 Å². The zero-order valence-corrected chi connectivity index (χ0v) is 7.50. The molecule has 0 saturated heterocycles.